The zero-order chi connectivity index (χ0) is 94.6. The largest absolute Gasteiger partial charge is 0.344 e. The van der Waals surface area contributed by atoms with Gasteiger partial charge in [-0.3, -0.25) is 4.98 Å². The molecule has 0 aliphatic heterocycles. The molecule has 0 amide bonds. The van der Waals surface area contributed by atoms with Crippen LogP contribution in [0.5, 0.6) is 0 Å². The van der Waals surface area contributed by atoms with Gasteiger partial charge in [0.25, 0.3) is 0 Å². The predicted octanol–water partition coefficient (Wildman–Crippen LogP) is 33.0. The van der Waals surface area contributed by atoms with Crippen LogP contribution in [0.1, 0.15) is 127 Å². The number of aromatic nitrogens is 12. The Morgan fingerprint density at radius 1 is 0.239 bits per heavy atom. The van der Waals surface area contributed by atoms with Gasteiger partial charge in [-0.1, -0.05) is 209 Å². The third kappa shape index (κ3) is 20.8. The van der Waals surface area contributed by atoms with E-state index in [-0.39, 0.29) is 0 Å². The van der Waals surface area contributed by atoms with Crippen LogP contribution in [0.2, 0.25) is 0 Å². The quantitative estimate of drug-likeness (QED) is 0.157. The van der Waals surface area contributed by atoms with Crippen LogP contribution < -0.4 is 0 Å². The number of fused-ring (bicyclic) bond motifs is 11. The first kappa shape index (κ1) is 94.5. The molecule has 0 bridgehead atoms. The molecule has 1 aliphatic rings. The second kappa shape index (κ2) is 41.0. The van der Waals surface area contributed by atoms with E-state index in [2.05, 4.69) is 334 Å². The van der Waals surface area contributed by atoms with Crippen LogP contribution in [0.3, 0.4) is 0 Å². The van der Waals surface area contributed by atoms with Crippen LogP contribution in [0.25, 0.3) is 154 Å². The van der Waals surface area contributed by atoms with Crippen molar-refractivity contribution in [3.05, 3.63) is 363 Å². The molecule has 8 aromatic carbocycles. The van der Waals surface area contributed by atoms with Gasteiger partial charge in [-0.25, -0.2) is 49.8 Å². The maximum absolute atomic E-state index is 5.04. The fourth-order valence-electron chi connectivity index (χ4n) is 16.6. The zero-order valence-electron chi connectivity index (χ0n) is 80.4. The van der Waals surface area contributed by atoms with E-state index in [1.807, 2.05) is 90.2 Å². The van der Waals surface area contributed by atoms with Crippen molar-refractivity contribution in [3.8, 4) is 77.3 Å². The summed E-state index contributed by atoms with van der Waals surface area (Å²) in [5, 5.41) is 6.90. The smallest absolute Gasteiger partial charge is 0.108 e. The van der Waals surface area contributed by atoms with Crippen molar-refractivity contribution < 1.29 is 0 Å². The van der Waals surface area contributed by atoms with Crippen LogP contribution >= 0.6 is 79.4 Å². The van der Waals surface area contributed by atoms with Gasteiger partial charge in [-0.15, -0.1) is 79.4 Å². The van der Waals surface area contributed by atoms with Crippen molar-refractivity contribution in [2.24, 2.45) is 7.05 Å². The first-order chi connectivity index (χ1) is 64.4. The minimum atomic E-state index is 0.949. The van der Waals surface area contributed by atoms with Gasteiger partial charge in [-0.05, 0) is 240 Å². The molecule has 672 valence electrons. The van der Waals surface area contributed by atoms with Crippen molar-refractivity contribution in [1.29, 1.82) is 0 Å². The molecule has 0 atom stereocenters. The molecule has 134 heavy (non-hydrogen) atoms. The molecule has 14 aromatic heterocycles. The molecule has 12 nitrogen and oxygen atoms in total. The Labute approximate surface area is 814 Å². The highest BCUT2D eigenvalue weighted by atomic mass is 32.1. The molecular weight excluding hydrogens is 1770 g/mol. The van der Waals surface area contributed by atoms with Crippen LogP contribution in [0, 0.1) is 152 Å². The molecule has 14 heterocycles. The summed E-state index contributed by atoms with van der Waals surface area (Å²) in [4.78, 5) is 67.0. The topological polar surface area (TPSA) is 147 Å². The lowest BCUT2D eigenvalue weighted by molar-refractivity contribution is 1.01. The SMILES string of the molecule is Cc1ccc(-c2nc3c(C)sc(C)c3nc2-c2ccc(C)cc2)cc1.Cc1ccc(C)nc1.Cc1ccc2c(c1)Cc1cc(C)ccc1-2.Cc1ccc2c(c1)c1cc(C)ccc1n2C.Cc1nc2c(C)sc(C)c2nc1C.Cc1nc2c(C)sc(C)c2nc1C.Cc1sc(C)c2nc(-c3ccccc3)c(-c3ccccc3)nc12.Cc1sc(C)c2nc(-c3cccs3)c(-c3cccs3)nc12. The molecule has 23 rings (SSSR count). The number of benzene rings is 8. The Kier molecular flexibility index (Phi) is 28.9. The van der Waals surface area contributed by atoms with Crippen LogP contribution in [0.15, 0.2) is 235 Å². The lowest BCUT2D eigenvalue weighted by Gasteiger charge is -2.10. The highest BCUT2D eigenvalue weighted by Crippen LogP contribution is 2.43. The number of aryl methyl sites for hydroxylation is 23. The number of rotatable bonds is 6. The highest BCUT2D eigenvalue weighted by Gasteiger charge is 2.24. The first-order valence-corrected chi connectivity index (χ1v) is 50.8. The first-order valence-electron chi connectivity index (χ1n) is 45.0. The second-order valence-electron chi connectivity index (χ2n) is 34.6. The summed E-state index contributed by atoms with van der Waals surface area (Å²) in [5.41, 5.74) is 43.4. The maximum Gasteiger partial charge on any atom is 0.108 e. The Morgan fingerprint density at radius 2 is 0.507 bits per heavy atom. The normalized spacial score (nSPS) is 11.2. The van der Waals surface area contributed by atoms with Crippen molar-refractivity contribution in [2.45, 2.75) is 159 Å². The van der Waals surface area contributed by atoms with Gasteiger partial charge in [0.05, 0.1) is 55.3 Å². The minimum absolute atomic E-state index is 0.949. The molecule has 0 fully saturated rings. The van der Waals surface area contributed by atoms with Crippen LogP contribution in [-0.4, -0.2) is 59.4 Å². The summed E-state index contributed by atoms with van der Waals surface area (Å²) in [6.07, 6.45) is 2.98. The standard InChI is InChI=1S/C22H20N2S.C20H16N2S.C16H12N2S3.C15H15N.C15H14.2C10H12N2S.C7H9N/c1-13-5-9-17(10-6-13)21-22(18-11-7-14(2)8-12-18)24-20-16(4)25-15(3)19(20)23-21;1-13-17-18(14(2)23-13)22-20(16-11-7-4-8-12-16)19(21-17)15-9-5-3-6-10-15;1-9-13-14(10(2)21-9)18-16(12-6-4-8-20-12)15(17-13)11-5-3-7-19-11;1-10-4-6-14-12(8-10)13-9-11(2)5-7-15(13)16(14)3;1-10-3-5-14-12(7-10)9-13-8-11(2)4-6-15(13)14;2*1-5-6(2)12-10-8(4)13-7(3)9(10)11-5;1-6-3-4-7(2)8-5-6/h5-12H,1-4H3;3-12H,1-2H3;3-8H,1-2H3;4-9H,1-3H3;3-8H,9H2,1-2H3;2*1-4H3;3-5H,1-2H3. The molecule has 1 aliphatic carbocycles. The molecule has 22 aromatic rings. The number of thiophene rings is 7. The molecule has 0 unspecified atom stereocenters. The van der Waals surface area contributed by atoms with E-state index in [1.165, 1.54) is 142 Å². The van der Waals surface area contributed by atoms with E-state index in [0.717, 1.165) is 146 Å². The average Bonchev–Trinajstić information content (AvgIpc) is 1.63. The van der Waals surface area contributed by atoms with Gasteiger partial charge in [0, 0.05) is 112 Å². The third-order valence-electron chi connectivity index (χ3n) is 24.0. The van der Waals surface area contributed by atoms with Gasteiger partial charge < -0.3 is 4.57 Å². The van der Waals surface area contributed by atoms with E-state index in [4.69, 9.17) is 29.9 Å². The summed E-state index contributed by atoms with van der Waals surface area (Å²) in [5.74, 6) is 0. The highest BCUT2D eigenvalue weighted by molar-refractivity contribution is 7.15. The monoisotopic (exact) mass is 1880 g/mol. The number of nitrogens with zero attached hydrogens (tertiary/aromatic N) is 12. The van der Waals surface area contributed by atoms with Crippen molar-refractivity contribution >= 4 is 156 Å². The van der Waals surface area contributed by atoms with E-state index < -0.39 is 0 Å². The summed E-state index contributed by atoms with van der Waals surface area (Å²) in [6, 6.07) is 77.0. The minimum Gasteiger partial charge on any atom is -0.344 e. The Balaban J connectivity index is 0.000000113. The Hall–Kier alpha value is -12.7. The van der Waals surface area contributed by atoms with Crippen molar-refractivity contribution in [1.82, 2.24) is 59.4 Å². The van der Waals surface area contributed by atoms with Gasteiger partial charge >= 0.3 is 0 Å². The Morgan fingerprint density at radius 3 is 0.791 bits per heavy atom. The molecular formula is C115H110N12S7. The summed E-state index contributed by atoms with van der Waals surface area (Å²) in [6.45, 7) is 46.0. The van der Waals surface area contributed by atoms with E-state index in [9.17, 15) is 0 Å². The van der Waals surface area contributed by atoms with Gasteiger partial charge in [0.2, 0.25) is 0 Å². The summed E-state index contributed by atoms with van der Waals surface area (Å²) >= 11 is 12.3. The molecule has 0 radical (unpaired) electrons. The number of hydrogen-bond donors (Lipinski definition) is 0. The fraction of sp³-hybridized carbons (Fsp3) is 0.209. The summed E-state index contributed by atoms with van der Waals surface area (Å²) in [7, 11) is 2.13. The van der Waals surface area contributed by atoms with Crippen molar-refractivity contribution in [3.63, 3.8) is 0 Å². The van der Waals surface area contributed by atoms with E-state index in [0.29, 0.717) is 0 Å². The second-order valence-corrected chi connectivity index (χ2v) is 43.6. The van der Waals surface area contributed by atoms with E-state index >= 15 is 0 Å². The number of hydrogen-bond acceptors (Lipinski definition) is 18. The van der Waals surface area contributed by atoms with Gasteiger partial charge in [0.1, 0.15) is 66.6 Å². The zero-order valence-corrected chi connectivity index (χ0v) is 86.2. The molecule has 0 saturated carbocycles. The maximum atomic E-state index is 5.04. The summed E-state index contributed by atoms with van der Waals surface area (Å²) < 4.78 is 2.27. The van der Waals surface area contributed by atoms with Crippen LogP contribution in [0.4, 0.5) is 0 Å². The van der Waals surface area contributed by atoms with Crippen LogP contribution in [-0.2, 0) is 13.5 Å². The lowest BCUT2D eigenvalue weighted by Crippen LogP contribution is -1.95. The number of pyridine rings is 1. The van der Waals surface area contributed by atoms with E-state index in [1.54, 1.807) is 79.4 Å². The third-order valence-corrected chi connectivity index (χ3v) is 30.7. The Bertz CT molecular complexity index is 7470. The predicted molar refractivity (Wildman–Crippen MR) is 579 cm³/mol. The van der Waals surface area contributed by atoms with Gasteiger partial charge in [-0.2, -0.15) is 0 Å². The fourth-order valence-corrected chi connectivity index (χ4v) is 22.8. The van der Waals surface area contributed by atoms with Crippen molar-refractivity contribution in [2.75, 3.05) is 0 Å². The molecule has 0 spiro atoms. The van der Waals surface area contributed by atoms with Gasteiger partial charge in [0.15, 0.2) is 0 Å². The lowest BCUT2D eigenvalue weighted by atomic mass is 10.0. The molecule has 0 saturated heterocycles. The molecule has 19 heteroatoms. The molecule has 0 N–H and O–H groups in total. The average molecular weight is 1880 g/mol.